The lowest BCUT2D eigenvalue weighted by Gasteiger charge is -2.23. The number of hydrogen-bond donors (Lipinski definition) is 1. The van der Waals surface area contributed by atoms with Gasteiger partial charge in [-0.15, -0.1) is 0 Å². The normalized spacial score (nSPS) is 17.4. The number of hydrogen-bond acceptors (Lipinski definition) is 3. The molecule has 33 heavy (non-hydrogen) atoms. The summed E-state index contributed by atoms with van der Waals surface area (Å²) < 4.78 is 0.721. The third-order valence-corrected chi connectivity index (χ3v) is 6.78. The smallest absolute Gasteiger partial charge is 0.264 e. The van der Waals surface area contributed by atoms with Crippen LogP contribution in [0.5, 0.6) is 0 Å². The number of carbonyl (C=O) groups is 2. The van der Waals surface area contributed by atoms with Gasteiger partial charge in [-0.2, -0.15) is 0 Å². The third kappa shape index (κ3) is 3.97. The van der Waals surface area contributed by atoms with Crippen LogP contribution >= 0.6 is 27.5 Å². The Balaban J connectivity index is 1.50. The third-order valence-electron chi connectivity index (χ3n) is 6.03. The number of amides is 1. The van der Waals surface area contributed by atoms with Crippen LogP contribution in [0.15, 0.2) is 89.4 Å². The van der Waals surface area contributed by atoms with Gasteiger partial charge >= 0.3 is 0 Å². The quantitative estimate of drug-likeness (QED) is 0.316. The number of fused-ring (bicyclic) bond motifs is 2. The van der Waals surface area contributed by atoms with Crippen LogP contribution in [0.4, 0.5) is 5.69 Å². The van der Waals surface area contributed by atoms with Crippen molar-refractivity contribution in [3.63, 3.8) is 0 Å². The highest BCUT2D eigenvalue weighted by atomic mass is 79.9. The maximum Gasteiger partial charge on any atom is 0.264 e. The van der Waals surface area contributed by atoms with Gasteiger partial charge in [-0.3, -0.25) is 9.59 Å². The lowest BCUT2D eigenvalue weighted by Crippen LogP contribution is -2.41. The Labute approximate surface area is 204 Å². The first-order valence-corrected chi connectivity index (χ1v) is 11.6. The van der Waals surface area contributed by atoms with Crippen molar-refractivity contribution in [2.75, 3.05) is 4.90 Å². The van der Waals surface area contributed by atoms with Crippen LogP contribution in [0.1, 0.15) is 27.9 Å². The molecule has 0 spiro atoms. The zero-order valence-electron chi connectivity index (χ0n) is 17.5. The first-order chi connectivity index (χ1) is 15.8. The zero-order valence-corrected chi connectivity index (χ0v) is 19.8. The summed E-state index contributed by atoms with van der Waals surface area (Å²) in [5, 5.41) is 14.3. The van der Waals surface area contributed by atoms with Crippen LogP contribution in [0.3, 0.4) is 0 Å². The van der Waals surface area contributed by atoms with E-state index in [2.05, 4.69) is 15.9 Å². The second-order valence-electron chi connectivity index (χ2n) is 8.20. The molecule has 0 saturated heterocycles. The Hall–Kier alpha value is -2.99. The molecule has 1 heterocycles. The Bertz CT molecular complexity index is 1400. The van der Waals surface area contributed by atoms with Crippen LogP contribution in [-0.2, 0) is 16.9 Å². The molecule has 6 heteroatoms. The minimum Gasteiger partial charge on any atom is -0.375 e. The van der Waals surface area contributed by atoms with Crippen LogP contribution in [-0.4, -0.2) is 16.8 Å². The molecule has 4 nitrogen and oxygen atoms in total. The molecule has 1 aliphatic rings. The van der Waals surface area contributed by atoms with Crippen LogP contribution in [0.2, 0.25) is 5.02 Å². The Morgan fingerprint density at radius 3 is 2.42 bits per heavy atom. The summed E-state index contributed by atoms with van der Waals surface area (Å²) in [4.78, 5) is 28.1. The number of halogens is 2. The number of anilines is 1. The molecule has 164 valence electrons. The summed E-state index contributed by atoms with van der Waals surface area (Å²) >= 11 is 9.36. The molecule has 5 rings (SSSR count). The fourth-order valence-electron chi connectivity index (χ4n) is 4.34. The van der Waals surface area contributed by atoms with Crippen molar-refractivity contribution in [3.05, 3.63) is 111 Å². The molecule has 1 aliphatic heterocycles. The second-order valence-corrected chi connectivity index (χ2v) is 9.55. The van der Waals surface area contributed by atoms with Gasteiger partial charge in [-0.05, 0) is 64.9 Å². The summed E-state index contributed by atoms with van der Waals surface area (Å²) in [6, 6.07) is 25.8. The molecule has 0 saturated carbocycles. The molecule has 0 aliphatic carbocycles. The maximum absolute atomic E-state index is 13.6. The van der Waals surface area contributed by atoms with E-state index in [1.807, 2.05) is 48.5 Å². The highest BCUT2D eigenvalue weighted by Crippen LogP contribution is 2.45. The van der Waals surface area contributed by atoms with Gasteiger partial charge in [0.1, 0.15) is 0 Å². The highest BCUT2D eigenvalue weighted by Gasteiger charge is 2.51. The number of ketones is 1. The van der Waals surface area contributed by atoms with E-state index in [1.165, 1.54) is 0 Å². The molecular formula is C27H19BrClNO3. The van der Waals surface area contributed by atoms with Crippen LogP contribution < -0.4 is 4.90 Å². The Morgan fingerprint density at radius 1 is 0.939 bits per heavy atom. The topological polar surface area (TPSA) is 57.6 Å². The highest BCUT2D eigenvalue weighted by molar-refractivity contribution is 9.10. The molecule has 0 fully saturated rings. The van der Waals surface area contributed by atoms with Crippen molar-refractivity contribution in [1.29, 1.82) is 0 Å². The van der Waals surface area contributed by atoms with Crippen molar-refractivity contribution in [2.45, 2.75) is 18.6 Å². The second kappa shape index (κ2) is 8.41. The number of carbonyl (C=O) groups excluding carboxylic acids is 2. The van der Waals surface area contributed by atoms with Crippen molar-refractivity contribution >= 4 is 55.7 Å². The van der Waals surface area contributed by atoms with Crippen molar-refractivity contribution < 1.29 is 14.7 Å². The van der Waals surface area contributed by atoms with E-state index in [0.717, 1.165) is 20.8 Å². The van der Waals surface area contributed by atoms with Crippen molar-refractivity contribution in [3.8, 4) is 0 Å². The van der Waals surface area contributed by atoms with Crippen LogP contribution in [0, 0.1) is 0 Å². The number of nitrogens with zero attached hydrogens (tertiary/aromatic N) is 1. The van der Waals surface area contributed by atoms with Gasteiger partial charge in [-0.25, -0.2) is 0 Å². The summed E-state index contributed by atoms with van der Waals surface area (Å²) in [5.41, 5.74) is 0.397. The van der Waals surface area contributed by atoms with Gasteiger partial charge in [0.15, 0.2) is 11.4 Å². The number of aliphatic hydroxyl groups is 1. The van der Waals surface area contributed by atoms with E-state index in [0.29, 0.717) is 21.8 Å². The molecule has 0 bridgehead atoms. The molecule has 4 aromatic rings. The molecule has 0 aromatic heterocycles. The lowest BCUT2D eigenvalue weighted by molar-refractivity contribution is -0.136. The van der Waals surface area contributed by atoms with Crippen molar-refractivity contribution in [1.82, 2.24) is 0 Å². The lowest BCUT2D eigenvalue weighted by atomic mass is 9.88. The van der Waals surface area contributed by atoms with Gasteiger partial charge in [0.25, 0.3) is 5.91 Å². The zero-order chi connectivity index (χ0) is 23.2. The SMILES string of the molecule is O=C(CC1(O)C(=O)N(Cc2ccc3ccccc3c2)c2ccc(Br)cc21)c1ccc(Cl)cc1. The van der Waals surface area contributed by atoms with Gasteiger partial charge in [0.05, 0.1) is 18.7 Å². The fourth-order valence-corrected chi connectivity index (χ4v) is 4.83. The molecule has 1 atom stereocenters. The average Bonchev–Trinajstić information content (AvgIpc) is 3.00. The monoisotopic (exact) mass is 519 g/mol. The summed E-state index contributed by atoms with van der Waals surface area (Å²) in [6.07, 6.45) is -0.356. The minimum atomic E-state index is -1.95. The molecule has 1 unspecified atom stereocenters. The van der Waals surface area contributed by atoms with Gasteiger partial charge < -0.3 is 10.0 Å². The Morgan fingerprint density at radius 2 is 1.67 bits per heavy atom. The van der Waals surface area contributed by atoms with Crippen LogP contribution in [0.25, 0.3) is 10.8 Å². The molecule has 1 N–H and O–H groups in total. The largest absolute Gasteiger partial charge is 0.375 e. The summed E-state index contributed by atoms with van der Waals surface area (Å²) in [6.45, 7) is 0.287. The van der Waals surface area contributed by atoms with E-state index in [9.17, 15) is 14.7 Å². The predicted octanol–water partition coefficient (Wildman–Crippen LogP) is 6.26. The fraction of sp³-hybridized carbons (Fsp3) is 0.111. The number of Topliss-reactive ketones (excluding diaryl/α,β-unsaturated/α-hetero) is 1. The minimum absolute atomic E-state index is 0.287. The van der Waals surface area contributed by atoms with E-state index in [1.54, 1.807) is 41.3 Å². The van der Waals surface area contributed by atoms with Gasteiger partial charge in [0.2, 0.25) is 0 Å². The van der Waals surface area contributed by atoms with E-state index in [4.69, 9.17) is 11.6 Å². The standard InChI is InChI=1S/C27H19BrClNO3/c28-21-9-12-24-23(14-21)27(33,15-25(31)19-7-10-22(29)11-8-19)26(32)30(24)16-17-5-6-18-3-1-2-4-20(18)13-17/h1-14,33H,15-16H2. The summed E-state index contributed by atoms with van der Waals surface area (Å²) in [7, 11) is 0. The first kappa shape index (κ1) is 21.8. The number of benzene rings is 4. The van der Waals surface area contributed by atoms with Gasteiger partial charge in [0, 0.05) is 20.6 Å². The number of rotatable bonds is 5. The van der Waals surface area contributed by atoms with E-state index >= 15 is 0 Å². The molecular weight excluding hydrogens is 502 g/mol. The maximum atomic E-state index is 13.6. The molecule has 4 aromatic carbocycles. The van der Waals surface area contributed by atoms with Gasteiger partial charge in [-0.1, -0.05) is 63.9 Å². The summed E-state index contributed by atoms with van der Waals surface area (Å²) in [5.74, 6) is -0.841. The average molecular weight is 521 g/mol. The Kier molecular flexibility index (Phi) is 5.57. The van der Waals surface area contributed by atoms with E-state index < -0.39 is 11.5 Å². The first-order valence-electron chi connectivity index (χ1n) is 10.5. The van der Waals surface area contributed by atoms with Crippen molar-refractivity contribution in [2.24, 2.45) is 0 Å². The van der Waals surface area contributed by atoms with E-state index in [-0.39, 0.29) is 18.7 Å². The predicted molar refractivity (Wildman–Crippen MR) is 134 cm³/mol. The molecule has 1 amide bonds. The molecule has 0 radical (unpaired) electrons.